The SMILES string of the molecule is COC(=O)Nc1ccc(NC(=O)c2ccc(C)c(NC(=O)c3ccccc3)c2)cc1. The lowest BCUT2D eigenvalue weighted by Gasteiger charge is -2.11. The van der Waals surface area contributed by atoms with Gasteiger partial charge >= 0.3 is 6.09 Å². The molecule has 7 nitrogen and oxygen atoms in total. The molecule has 0 bridgehead atoms. The summed E-state index contributed by atoms with van der Waals surface area (Å²) in [4.78, 5) is 36.3. The van der Waals surface area contributed by atoms with E-state index in [1.165, 1.54) is 7.11 Å². The molecule has 0 saturated carbocycles. The molecule has 0 atom stereocenters. The molecule has 3 aromatic rings. The number of benzene rings is 3. The number of carbonyl (C=O) groups is 3. The van der Waals surface area contributed by atoms with Gasteiger partial charge in [0.05, 0.1) is 7.11 Å². The van der Waals surface area contributed by atoms with Gasteiger partial charge in [0.2, 0.25) is 0 Å². The Balaban J connectivity index is 1.70. The van der Waals surface area contributed by atoms with Crippen molar-refractivity contribution in [2.24, 2.45) is 0 Å². The minimum absolute atomic E-state index is 0.245. The van der Waals surface area contributed by atoms with Gasteiger partial charge in [0.15, 0.2) is 0 Å². The molecule has 0 aliphatic rings. The fraction of sp³-hybridized carbons (Fsp3) is 0.0870. The van der Waals surface area contributed by atoms with E-state index in [0.29, 0.717) is 28.2 Å². The Hall–Kier alpha value is -4.13. The highest BCUT2D eigenvalue weighted by Crippen LogP contribution is 2.20. The molecule has 3 N–H and O–H groups in total. The Labute approximate surface area is 174 Å². The number of rotatable bonds is 5. The van der Waals surface area contributed by atoms with Crippen LogP contribution in [0.5, 0.6) is 0 Å². The van der Waals surface area contributed by atoms with E-state index in [0.717, 1.165) is 5.56 Å². The van der Waals surface area contributed by atoms with Crippen LogP contribution < -0.4 is 16.0 Å². The van der Waals surface area contributed by atoms with Crippen molar-refractivity contribution < 1.29 is 19.1 Å². The number of ether oxygens (including phenoxy) is 1. The second-order valence-corrected chi connectivity index (χ2v) is 6.50. The Morgan fingerprint density at radius 1 is 0.700 bits per heavy atom. The molecule has 0 aliphatic heterocycles. The molecule has 0 saturated heterocycles. The minimum Gasteiger partial charge on any atom is -0.453 e. The molecule has 152 valence electrons. The number of hydrogen-bond acceptors (Lipinski definition) is 4. The number of amides is 3. The van der Waals surface area contributed by atoms with E-state index in [1.807, 2.05) is 13.0 Å². The van der Waals surface area contributed by atoms with Crippen LogP contribution in [0, 0.1) is 6.92 Å². The first kappa shape index (κ1) is 20.6. The summed E-state index contributed by atoms with van der Waals surface area (Å²) in [6, 6.07) is 20.6. The van der Waals surface area contributed by atoms with E-state index in [-0.39, 0.29) is 11.8 Å². The van der Waals surface area contributed by atoms with Crippen molar-refractivity contribution in [3.05, 3.63) is 89.5 Å². The van der Waals surface area contributed by atoms with Crippen LogP contribution in [0.15, 0.2) is 72.8 Å². The molecule has 0 radical (unpaired) electrons. The maximum absolute atomic E-state index is 12.6. The summed E-state index contributed by atoms with van der Waals surface area (Å²) in [7, 11) is 1.28. The molecular weight excluding hydrogens is 382 g/mol. The second-order valence-electron chi connectivity index (χ2n) is 6.50. The van der Waals surface area contributed by atoms with Gasteiger partial charge in [-0.2, -0.15) is 0 Å². The maximum Gasteiger partial charge on any atom is 0.411 e. The monoisotopic (exact) mass is 403 g/mol. The van der Waals surface area contributed by atoms with Crippen molar-refractivity contribution in [2.45, 2.75) is 6.92 Å². The van der Waals surface area contributed by atoms with Gasteiger partial charge in [0.25, 0.3) is 11.8 Å². The number of hydrogen-bond donors (Lipinski definition) is 3. The third-order valence-corrected chi connectivity index (χ3v) is 4.36. The van der Waals surface area contributed by atoms with E-state index in [1.54, 1.807) is 66.7 Å². The summed E-state index contributed by atoms with van der Waals surface area (Å²) in [6.07, 6.45) is -0.573. The molecular formula is C23H21N3O4. The van der Waals surface area contributed by atoms with Crippen LogP contribution in [-0.4, -0.2) is 25.0 Å². The molecule has 3 aromatic carbocycles. The van der Waals surface area contributed by atoms with Gasteiger partial charge < -0.3 is 15.4 Å². The molecule has 0 spiro atoms. The lowest BCUT2D eigenvalue weighted by Crippen LogP contribution is -2.15. The van der Waals surface area contributed by atoms with Gasteiger partial charge in [0, 0.05) is 28.2 Å². The average molecular weight is 403 g/mol. The van der Waals surface area contributed by atoms with Gasteiger partial charge in [-0.25, -0.2) is 4.79 Å². The van der Waals surface area contributed by atoms with Crippen LogP contribution in [0.2, 0.25) is 0 Å². The Morgan fingerprint density at radius 2 is 1.30 bits per heavy atom. The van der Waals surface area contributed by atoms with Crippen molar-refractivity contribution in [1.82, 2.24) is 0 Å². The summed E-state index contributed by atoms with van der Waals surface area (Å²) < 4.78 is 4.53. The van der Waals surface area contributed by atoms with Crippen LogP contribution in [0.4, 0.5) is 21.9 Å². The van der Waals surface area contributed by atoms with E-state index >= 15 is 0 Å². The Morgan fingerprint density at radius 3 is 1.93 bits per heavy atom. The summed E-state index contributed by atoms with van der Waals surface area (Å²) in [5.41, 5.74) is 3.45. The highest BCUT2D eigenvalue weighted by Gasteiger charge is 2.12. The molecule has 0 aromatic heterocycles. The summed E-state index contributed by atoms with van der Waals surface area (Å²) >= 11 is 0. The summed E-state index contributed by atoms with van der Waals surface area (Å²) in [6.45, 7) is 1.86. The lowest BCUT2D eigenvalue weighted by atomic mass is 10.1. The first-order valence-corrected chi connectivity index (χ1v) is 9.19. The number of aryl methyl sites for hydroxylation is 1. The normalized spacial score (nSPS) is 10.1. The fourth-order valence-electron chi connectivity index (χ4n) is 2.69. The van der Waals surface area contributed by atoms with Crippen LogP contribution in [0.3, 0.4) is 0 Å². The van der Waals surface area contributed by atoms with Crippen LogP contribution >= 0.6 is 0 Å². The zero-order valence-corrected chi connectivity index (χ0v) is 16.6. The van der Waals surface area contributed by atoms with Gasteiger partial charge in [-0.05, 0) is 61.0 Å². The largest absolute Gasteiger partial charge is 0.453 e. The Bertz CT molecular complexity index is 1060. The molecule has 0 heterocycles. The predicted octanol–water partition coefficient (Wildman–Crippen LogP) is 4.68. The smallest absolute Gasteiger partial charge is 0.411 e. The van der Waals surface area contributed by atoms with Crippen molar-refractivity contribution >= 4 is 35.0 Å². The maximum atomic E-state index is 12.6. The highest BCUT2D eigenvalue weighted by atomic mass is 16.5. The second kappa shape index (κ2) is 9.38. The molecule has 3 amide bonds. The van der Waals surface area contributed by atoms with E-state index in [9.17, 15) is 14.4 Å². The molecule has 7 heteroatoms. The van der Waals surface area contributed by atoms with Crippen LogP contribution in [0.25, 0.3) is 0 Å². The van der Waals surface area contributed by atoms with Gasteiger partial charge in [0.1, 0.15) is 0 Å². The molecule has 30 heavy (non-hydrogen) atoms. The fourth-order valence-corrected chi connectivity index (χ4v) is 2.69. The molecule has 0 aliphatic carbocycles. The topological polar surface area (TPSA) is 96.5 Å². The standard InChI is InChI=1S/C23H21N3O4/c1-15-8-9-17(14-20(15)26-21(27)16-6-4-3-5-7-16)22(28)24-18-10-12-19(13-11-18)25-23(29)30-2/h3-14H,1-2H3,(H,24,28)(H,25,29)(H,26,27). The summed E-state index contributed by atoms with van der Waals surface area (Å²) in [5.74, 6) is -0.566. The van der Waals surface area contributed by atoms with Crippen LogP contribution in [-0.2, 0) is 4.74 Å². The average Bonchev–Trinajstić information content (AvgIpc) is 2.77. The molecule has 0 unspecified atom stereocenters. The van der Waals surface area contributed by atoms with Gasteiger partial charge in [-0.1, -0.05) is 24.3 Å². The van der Waals surface area contributed by atoms with Crippen molar-refractivity contribution in [3.63, 3.8) is 0 Å². The third-order valence-electron chi connectivity index (χ3n) is 4.36. The Kier molecular flexibility index (Phi) is 6.44. The first-order valence-electron chi connectivity index (χ1n) is 9.19. The first-order chi connectivity index (χ1) is 14.5. The van der Waals surface area contributed by atoms with Crippen molar-refractivity contribution in [1.29, 1.82) is 0 Å². The zero-order chi connectivity index (χ0) is 21.5. The van der Waals surface area contributed by atoms with Gasteiger partial charge in [-0.15, -0.1) is 0 Å². The molecule has 3 rings (SSSR count). The zero-order valence-electron chi connectivity index (χ0n) is 16.6. The lowest BCUT2D eigenvalue weighted by molar-refractivity contribution is 0.101. The van der Waals surface area contributed by atoms with E-state index < -0.39 is 6.09 Å². The summed E-state index contributed by atoms with van der Waals surface area (Å²) in [5, 5.41) is 8.17. The van der Waals surface area contributed by atoms with Crippen molar-refractivity contribution in [3.8, 4) is 0 Å². The van der Waals surface area contributed by atoms with E-state index in [2.05, 4.69) is 20.7 Å². The predicted molar refractivity (Wildman–Crippen MR) is 116 cm³/mol. The van der Waals surface area contributed by atoms with E-state index in [4.69, 9.17) is 0 Å². The van der Waals surface area contributed by atoms with Crippen LogP contribution in [0.1, 0.15) is 26.3 Å². The van der Waals surface area contributed by atoms with Gasteiger partial charge in [-0.3, -0.25) is 14.9 Å². The van der Waals surface area contributed by atoms with Crippen molar-refractivity contribution in [2.75, 3.05) is 23.1 Å². The number of anilines is 3. The number of methoxy groups -OCH3 is 1. The number of nitrogens with one attached hydrogen (secondary N) is 3. The third kappa shape index (κ3) is 5.23. The number of carbonyl (C=O) groups excluding carboxylic acids is 3. The quantitative estimate of drug-likeness (QED) is 0.576. The minimum atomic E-state index is -0.573. The highest BCUT2D eigenvalue weighted by molar-refractivity contribution is 6.07. The molecule has 0 fully saturated rings.